The Morgan fingerprint density at radius 1 is 1.27 bits per heavy atom. The van der Waals surface area contributed by atoms with Crippen LogP contribution in [0.2, 0.25) is 0 Å². The van der Waals surface area contributed by atoms with Gasteiger partial charge in [0, 0.05) is 12.7 Å². The SMILES string of the molecule is CCOc1ncccc1NC(=O)NCc1cccc(OC)c1. The van der Waals surface area contributed by atoms with E-state index in [1.807, 2.05) is 31.2 Å². The zero-order valence-corrected chi connectivity index (χ0v) is 12.6. The van der Waals surface area contributed by atoms with Crippen LogP contribution in [0.4, 0.5) is 10.5 Å². The molecular formula is C16H19N3O3. The van der Waals surface area contributed by atoms with E-state index in [-0.39, 0.29) is 6.03 Å². The maximum atomic E-state index is 12.0. The van der Waals surface area contributed by atoms with E-state index in [1.165, 1.54) is 0 Å². The van der Waals surface area contributed by atoms with E-state index in [4.69, 9.17) is 9.47 Å². The van der Waals surface area contributed by atoms with Crippen molar-refractivity contribution in [3.63, 3.8) is 0 Å². The Morgan fingerprint density at radius 3 is 2.91 bits per heavy atom. The summed E-state index contributed by atoms with van der Waals surface area (Å²) >= 11 is 0. The van der Waals surface area contributed by atoms with Gasteiger partial charge in [0.15, 0.2) is 0 Å². The van der Waals surface area contributed by atoms with Gasteiger partial charge in [-0.2, -0.15) is 0 Å². The minimum absolute atomic E-state index is 0.322. The van der Waals surface area contributed by atoms with E-state index in [2.05, 4.69) is 15.6 Å². The van der Waals surface area contributed by atoms with Gasteiger partial charge in [-0.25, -0.2) is 9.78 Å². The number of carbonyl (C=O) groups excluding carboxylic acids is 1. The molecule has 0 atom stereocenters. The highest BCUT2D eigenvalue weighted by atomic mass is 16.5. The van der Waals surface area contributed by atoms with Crippen LogP contribution >= 0.6 is 0 Å². The lowest BCUT2D eigenvalue weighted by Crippen LogP contribution is -2.28. The first-order chi connectivity index (χ1) is 10.7. The zero-order chi connectivity index (χ0) is 15.8. The number of benzene rings is 1. The first kappa shape index (κ1) is 15.6. The standard InChI is InChI=1S/C16H19N3O3/c1-3-22-15-14(8-5-9-17-15)19-16(20)18-11-12-6-4-7-13(10-12)21-2/h4-10H,3,11H2,1-2H3,(H2,18,19,20). The van der Waals surface area contributed by atoms with E-state index in [0.717, 1.165) is 11.3 Å². The number of hydrogen-bond donors (Lipinski definition) is 2. The normalized spacial score (nSPS) is 9.91. The number of hydrogen-bond acceptors (Lipinski definition) is 4. The van der Waals surface area contributed by atoms with Crippen LogP contribution in [0.25, 0.3) is 0 Å². The highest BCUT2D eigenvalue weighted by Crippen LogP contribution is 2.20. The summed E-state index contributed by atoms with van der Waals surface area (Å²) in [4.78, 5) is 16.0. The summed E-state index contributed by atoms with van der Waals surface area (Å²) in [6.07, 6.45) is 1.62. The lowest BCUT2D eigenvalue weighted by atomic mass is 10.2. The van der Waals surface area contributed by atoms with Crippen LogP contribution in [-0.4, -0.2) is 24.7 Å². The minimum atomic E-state index is -0.322. The summed E-state index contributed by atoms with van der Waals surface area (Å²) in [5.74, 6) is 1.16. The molecule has 2 rings (SSSR count). The van der Waals surface area contributed by atoms with Crippen LogP contribution in [0.15, 0.2) is 42.6 Å². The van der Waals surface area contributed by atoms with Gasteiger partial charge < -0.3 is 20.1 Å². The highest BCUT2D eigenvalue weighted by Gasteiger charge is 2.08. The second-order valence-electron chi connectivity index (χ2n) is 4.45. The highest BCUT2D eigenvalue weighted by molar-refractivity contribution is 5.90. The molecule has 0 aliphatic carbocycles. The van der Waals surface area contributed by atoms with Crippen LogP contribution in [0.3, 0.4) is 0 Å². The summed E-state index contributed by atoms with van der Waals surface area (Å²) < 4.78 is 10.5. The predicted octanol–water partition coefficient (Wildman–Crippen LogP) is 2.81. The molecule has 2 amide bonds. The topological polar surface area (TPSA) is 72.5 Å². The Balaban J connectivity index is 1.93. The number of amides is 2. The molecule has 2 aromatic rings. The molecule has 1 heterocycles. The third-order valence-corrected chi connectivity index (χ3v) is 2.89. The van der Waals surface area contributed by atoms with E-state index < -0.39 is 0 Å². The monoisotopic (exact) mass is 301 g/mol. The fourth-order valence-corrected chi connectivity index (χ4v) is 1.87. The fraction of sp³-hybridized carbons (Fsp3) is 0.250. The van der Waals surface area contributed by atoms with Crippen molar-refractivity contribution < 1.29 is 14.3 Å². The first-order valence-electron chi connectivity index (χ1n) is 6.98. The third-order valence-electron chi connectivity index (χ3n) is 2.89. The summed E-state index contributed by atoms with van der Waals surface area (Å²) in [5.41, 5.74) is 1.48. The smallest absolute Gasteiger partial charge is 0.319 e. The number of pyridine rings is 1. The van der Waals surface area contributed by atoms with Gasteiger partial charge in [-0.1, -0.05) is 12.1 Å². The summed E-state index contributed by atoms with van der Waals surface area (Å²) in [6, 6.07) is 10.7. The molecule has 1 aromatic carbocycles. The maximum absolute atomic E-state index is 12.0. The Bertz CT molecular complexity index is 632. The number of nitrogens with zero attached hydrogens (tertiary/aromatic N) is 1. The van der Waals surface area contributed by atoms with Gasteiger partial charge in [0.2, 0.25) is 5.88 Å². The lowest BCUT2D eigenvalue weighted by Gasteiger charge is -2.11. The number of ether oxygens (including phenoxy) is 2. The molecule has 2 N–H and O–H groups in total. The zero-order valence-electron chi connectivity index (χ0n) is 12.6. The van der Waals surface area contributed by atoms with Crippen molar-refractivity contribution in [1.82, 2.24) is 10.3 Å². The molecule has 0 aliphatic heterocycles. The Labute approximate surface area is 129 Å². The molecule has 0 fully saturated rings. The van der Waals surface area contributed by atoms with Crippen molar-refractivity contribution in [2.45, 2.75) is 13.5 Å². The average Bonchev–Trinajstić information content (AvgIpc) is 2.55. The summed E-state index contributed by atoms with van der Waals surface area (Å²) in [6.45, 7) is 2.74. The number of nitrogens with one attached hydrogen (secondary N) is 2. The molecule has 1 aromatic heterocycles. The summed E-state index contributed by atoms with van der Waals surface area (Å²) in [7, 11) is 1.61. The van der Waals surface area contributed by atoms with E-state index in [0.29, 0.717) is 24.7 Å². The van der Waals surface area contributed by atoms with Crippen LogP contribution in [0, 0.1) is 0 Å². The van der Waals surface area contributed by atoms with Gasteiger partial charge in [-0.05, 0) is 36.8 Å². The molecule has 0 spiro atoms. The number of urea groups is 1. The van der Waals surface area contributed by atoms with Crippen molar-refractivity contribution in [3.8, 4) is 11.6 Å². The van der Waals surface area contributed by atoms with Crippen molar-refractivity contribution in [3.05, 3.63) is 48.2 Å². The number of carbonyl (C=O) groups is 1. The minimum Gasteiger partial charge on any atom is -0.497 e. The van der Waals surface area contributed by atoms with Crippen LogP contribution in [-0.2, 0) is 6.54 Å². The van der Waals surface area contributed by atoms with E-state index in [1.54, 1.807) is 25.4 Å². The second kappa shape index (κ2) is 7.87. The van der Waals surface area contributed by atoms with Crippen LogP contribution in [0.5, 0.6) is 11.6 Å². The molecule has 0 aliphatic rings. The molecule has 6 nitrogen and oxygen atoms in total. The lowest BCUT2D eigenvalue weighted by molar-refractivity contribution is 0.251. The van der Waals surface area contributed by atoms with E-state index >= 15 is 0 Å². The Morgan fingerprint density at radius 2 is 2.14 bits per heavy atom. The van der Waals surface area contributed by atoms with Crippen molar-refractivity contribution in [2.75, 3.05) is 19.0 Å². The van der Waals surface area contributed by atoms with Crippen LogP contribution < -0.4 is 20.1 Å². The summed E-state index contributed by atoms with van der Waals surface area (Å²) in [5, 5.41) is 5.50. The van der Waals surface area contributed by atoms with Crippen LogP contribution in [0.1, 0.15) is 12.5 Å². The quantitative estimate of drug-likeness (QED) is 0.860. The molecular weight excluding hydrogens is 282 g/mol. The van der Waals surface area contributed by atoms with Gasteiger partial charge in [-0.3, -0.25) is 0 Å². The number of methoxy groups -OCH3 is 1. The number of anilines is 1. The van der Waals surface area contributed by atoms with Gasteiger partial charge in [0.1, 0.15) is 11.4 Å². The second-order valence-corrected chi connectivity index (χ2v) is 4.45. The van der Waals surface area contributed by atoms with Crippen molar-refractivity contribution in [2.24, 2.45) is 0 Å². The molecule has 22 heavy (non-hydrogen) atoms. The van der Waals surface area contributed by atoms with Gasteiger partial charge in [0.25, 0.3) is 0 Å². The van der Waals surface area contributed by atoms with Gasteiger partial charge >= 0.3 is 6.03 Å². The molecule has 116 valence electrons. The molecule has 6 heteroatoms. The number of rotatable bonds is 6. The largest absolute Gasteiger partial charge is 0.497 e. The van der Waals surface area contributed by atoms with Gasteiger partial charge in [-0.15, -0.1) is 0 Å². The molecule has 0 unspecified atom stereocenters. The Hall–Kier alpha value is -2.76. The maximum Gasteiger partial charge on any atom is 0.319 e. The predicted molar refractivity (Wildman–Crippen MR) is 84.3 cm³/mol. The molecule has 0 saturated heterocycles. The van der Waals surface area contributed by atoms with Gasteiger partial charge in [0.05, 0.1) is 13.7 Å². The fourth-order valence-electron chi connectivity index (χ4n) is 1.87. The molecule has 0 radical (unpaired) electrons. The molecule has 0 saturated carbocycles. The number of aromatic nitrogens is 1. The van der Waals surface area contributed by atoms with E-state index in [9.17, 15) is 4.79 Å². The van der Waals surface area contributed by atoms with Crippen molar-refractivity contribution in [1.29, 1.82) is 0 Å². The molecule has 0 bridgehead atoms. The Kier molecular flexibility index (Phi) is 5.59. The third kappa shape index (κ3) is 4.37. The first-order valence-corrected chi connectivity index (χ1v) is 6.98. The average molecular weight is 301 g/mol. The van der Waals surface area contributed by atoms with Crippen molar-refractivity contribution >= 4 is 11.7 Å².